The zero-order chi connectivity index (χ0) is 9.97. The molecule has 0 saturated heterocycles. The molecular formula is C13H11O. The van der Waals surface area contributed by atoms with E-state index in [4.69, 9.17) is 0 Å². The van der Waals surface area contributed by atoms with E-state index >= 15 is 0 Å². The Labute approximate surface area is 83.6 Å². The fourth-order valence-corrected chi connectivity index (χ4v) is 1.48. The Hall–Kier alpha value is -1.76. The highest BCUT2D eigenvalue weighted by atomic mass is 16.3. The second kappa shape index (κ2) is 3.54. The lowest BCUT2D eigenvalue weighted by Crippen LogP contribution is -1.82. The average Bonchev–Trinajstić information content (AvgIpc) is 2.20. The monoisotopic (exact) mass is 183 g/mol. The molecule has 0 unspecified atom stereocenters. The van der Waals surface area contributed by atoms with Gasteiger partial charge in [0, 0.05) is 5.56 Å². The lowest BCUT2D eigenvalue weighted by molar-refractivity contribution is 0.477. The Bertz CT molecular complexity index is 403. The Morgan fingerprint density at radius 3 is 2.00 bits per heavy atom. The van der Waals surface area contributed by atoms with Crippen LogP contribution in [-0.2, 0) is 0 Å². The molecule has 0 spiro atoms. The standard InChI is InChI=1S/C13H11O/c1-10-6-2-3-7-11(10)12-8-4-5-9-13(12)14/h2-9,14H,1H2. The smallest absolute Gasteiger partial charge is 0.123 e. The first-order chi connectivity index (χ1) is 6.79. The minimum atomic E-state index is 0.295. The molecule has 1 heteroatoms. The SMILES string of the molecule is [CH2]c1ccccc1-c1ccccc1O. The minimum Gasteiger partial charge on any atom is -0.507 e. The van der Waals surface area contributed by atoms with Crippen LogP contribution in [0.5, 0.6) is 5.75 Å². The summed E-state index contributed by atoms with van der Waals surface area (Å²) in [7, 11) is 0. The minimum absolute atomic E-state index is 0.295. The third-order valence-electron chi connectivity index (χ3n) is 2.21. The molecule has 2 aromatic carbocycles. The summed E-state index contributed by atoms with van der Waals surface area (Å²) in [6.45, 7) is 3.93. The lowest BCUT2D eigenvalue weighted by atomic mass is 10.0. The van der Waals surface area contributed by atoms with Crippen LogP contribution < -0.4 is 0 Å². The van der Waals surface area contributed by atoms with Crippen molar-refractivity contribution in [1.82, 2.24) is 0 Å². The van der Waals surface area contributed by atoms with E-state index in [0.29, 0.717) is 5.75 Å². The molecule has 0 atom stereocenters. The van der Waals surface area contributed by atoms with Crippen LogP contribution in [0.15, 0.2) is 48.5 Å². The van der Waals surface area contributed by atoms with Gasteiger partial charge in [0.25, 0.3) is 0 Å². The highest BCUT2D eigenvalue weighted by molar-refractivity contribution is 5.73. The van der Waals surface area contributed by atoms with Crippen LogP contribution in [0.4, 0.5) is 0 Å². The number of benzene rings is 2. The molecule has 0 amide bonds. The van der Waals surface area contributed by atoms with E-state index in [-0.39, 0.29) is 0 Å². The van der Waals surface area contributed by atoms with Crippen molar-refractivity contribution in [1.29, 1.82) is 0 Å². The van der Waals surface area contributed by atoms with E-state index in [0.717, 1.165) is 16.7 Å². The van der Waals surface area contributed by atoms with E-state index in [1.165, 1.54) is 0 Å². The highest BCUT2D eigenvalue weighted by Crippen LogP contribution is 2.30. The predicted molar refractivity (Wildman–Crippen MR) is 58.0 cm³/mol. The van der Waals surface area contributed by atoms with E-state index in [1.807, 2.05) is 42.5 Å². The number of para-hydroxylation sites is 1. The van der Waals surface area contributed by atoms with Crippen molar-refractivity contribution in [2.24, 2.45) is 0 Å². The van der Waals surface area contributed by atoms with Crippen LogP contribution in [-0.4, -0.2) is 5.11 Å². The number of hydrogen-bond acceptors (Lipinski definition) is 1. The van der Waals surface area contributed by atoms with Crippen LogP contribution in [0.3, 0.4) is 0 Å². The van der Waals surface area contributed by atoms with Gasteiger partial charge in [-0.3, -0.25) is 0 Å². The van der Waals surface area contributed by atoms with Gasteiger partial charge in [0.05, 0.1) is 0 Å². The zero-order valence-electron chi connectivity index (χ0n) is 7.77. The third-order valence-corrected chi connectivity index (χ3v) is 2.21. The molecule has 1 radical (unpaired) electrons. The predicted octanol–water partition coefficient (Wildman–Crippen LogP) is 3.24. The summed E-state index contributed by atoms with van der Waals surface area (Å²) < 4.78 is 0. The van der Waals surface area contributed by atoms with Crippen LogP contribution in [0.25, 0.3) is 11.1 Å². The first-order valence-corrected chi connectivity index (χ1v) is 4.48. The van der Waals surface area contributed by atoms with E-state index in [2.05, 4.69) is 6.92 Å². The second-order valence-electron chi connectivity index (χ2n) is 3.17. The largest absolute Gasteiger partial charge is 0.507 e. The quantitative estimate of drug-likeness (QED) is 0.719. The molecule has 0 aromatic heterocycles. The number of phenols is 1. The maximum atomic E-state index is 9.66. The first-order valence-electron chi connectivity index (χ1n) is 4.48. The van der Waals surface area contributed by atoms with Gasteiger partial charge in [0.15, 0.2) is 0 Å². The normalized spacial score (nSPS) is 10.1. The van der Waals surface area contributed by atoms with Crippen molar-refractivity contribution in [3.05, 3.63) is 61.0 Å². The van der Waals surface area contributed by atoms with E-state index in [1.54, 1.807) is 6.07 Å². The average molecular weight is 183 g/mol. The Morgan fingerprint density at radius 2 is 1.36 bits per heavy atom. The van der Waals surface area contributed by atoms with Gasteiger partial charge in [-0.15, -0.1) is 0 Å². The maximum Gasteiger partial charge on any atom is 0.123 e. The fourth-order valence-electron chi connectivity index (χ4n) is 1.48. The van der Waals surface area contributed by atoms with Crippen LogP contribution >= 0.6 is 0 Å². The Balaban J connectivity index is 2.61. The third kappa shape index (κ3) is 1.49. The molecule has 0 heterocycles. The number of rotatable bonds is 1. The van der Waals surface area contributed by atoms with Crippen molar-refractivity contribution in [2.75, 3.05) is 0 Å². The second-order valence-corrected chi connectivity index (χ2v) is 3.17. The molecule has 0 bridgehead atoms. The van der Waals surface area contributed by atoms with Gasteiger partial charge in [0.2, 0.25) is 0 Å². The summed E-state index contributed by atoms with van der Waals surface area (Å²) in [6.07, 6.45) is 0. The highest BCUT2D eigenvalue weighted by Gasteiger charge is 2.04. The molecule has 0 aliphatic heterocycles. The van der Waals surface area contributed by atoms with Crippen molar-refractivity contribution in [3.8, 4) is 16.9 Å². The summed E-state index contributed by atoms with van der Waals surface area (Å²) >= 11 is 0. The van der Waals surface area contributed by atoms with Gasteiger partial charge in [-0.1, -0.05) is 42.5 Å². The summed E-state index contributed by atoms with van der Waals surface area (Å²) in [6, 6.07) is 15.1. The summed E-state index contributed by atoms with van der Waals surface area (Å²) in [5.41, 5.74) is 2.73. The lowest BCUT2D eigenvalue weighted by Gasteiger charge is -2.06. The van der Waals surface area contributed by atoms with Crippen molar-refractivity contribution < 1.29 is 5.11 Å². The molecule has 2 aromatic rings. The Morgan fingerprint density at radius 1 is 0.786 bits per heavy atom. The van der Waals surface area contributed by atoms with E-state index < -0.39 is 0 Å². The number of phenolic OH excluding ortho intramolecular Hbond substituents is 1. The molecule has 0 saturated carbocycles. The van der Waals surface area contributed by atoms with Crippen LogP contribution in [0, 0.1) is 6.92 Å². The first kappa shape index (κ1) is 8.82. The number of hydrogen-bond donors (Lipinski definition) is 1. The maximum absolute atomic E-state index is 9.66. The molecule has 2 rings (SSSR count). The fraction of sp³-hybridized carbons (Fsp3) is 0. The number of aromatic hydroxyl groups is 1. The molecule has 0 aliphatic carbocycles. The molecule has 14 heavy (non-hydrogen) atoms. The zero-order valence-corrected chi connectivity index (χ0v) is 7.77. The summed E-state index contributed by atoms with van der Waals surface area (Å²) in [5, 5.41) is 9.66. The van der Waals surface area contributed by atoms with Gasteiger partial charge < -0.3 is 5.11 Å². The van der Waals surface area contributed by atoms with Gasteiger partial charge in [-0.25, -0.2) is 0 Å². The van der Waals surface area contributed by atoms with Crippen molar-refractivity contribution in [3.63, 3.8) is 0 Å². The van der Waals surface area contributed by atoms with Crippen molar-refractivity contribution >= 4 is 0 Å². The van der Waals surface area contributed by atoms with E-state index in [9.17, 15) is 5.11 Å². The summed E-state index contributed by atoms with van der Waals surface area (Å²) in [4.78, 5) is 0. The molecule has 1 N–H and O–H groups in total. The van der Waals surface area contributed by atoms with Crippen LogP contribution in [0.2, 0.25) is 0 Å². The van der Waals surface area contributed by atoms with Gasteiger partial charge in [-0.2, -0.15) is 0 Å². The molecule has 1 nitrogen and oxygen atoms in total. The Kier molecular flexibility index (Phi) is 2.23. The summed E-state index contributed by atoms with van der Waals surface area (Å²) in [5.74, 6) is 0.295. The molecule has 0 aliphatic rings. The van der Waals surface area contributed by atoms with Gasteiger partial charge in [0.1, 0.15) is 5.75 Å². The van der Waals surface area contributed by atoms with Gasteiger partial charge in [-0.05, 0) is 24.1 Å². The van der Waals surface area contributed by atoms with Crippen LogP contribution in [0.1, 0.15) is 5.56 Å². The molecular weight excluding hydrogens is 172 g/mol. The van der Waals surface area contributed by atoms with Gasteiger partial charge >= 0.3 is 0 Å². The molecule has 69 valence electrons. The van der Waals surface area contributed by atoms with Crippen molar-refractivity contribution in [2.45, 2.75) is 0 Å². The topological polar surface area (TPSA) is 20.2 Å². The molecule has 0 fully saturated rings.